The molecule has 0 heterocycles. The number of amides is 1. The number of alkyl halides is 1. The van der Waals surface area contributed by atoms with E-state index in [1.807, 2.05) is 0 Å². The van der Waals surface area contributed by atoms with Crippen molar-refractivity contribution in [1.82, 2.24) is 4.90 Å². The second-order valence-electron chi connectivity index (χ2n) is 5.13. The summed E-state index contributed by atoms with van der Waals surface area (Å²) in [5.74, 6) is -3.28. The molecule has 1 aliphatic carbocycles. The Morgan fingerprint density at radius 1 is 1.48 bits per heavy atom. The van der Waals surface area contributed by atoms with Crippen LogP contribution in [0.3, 0.4) is 0 Å². The van der Waals surface area contributed by atoms with E-state index in [4.69, 9.17) is 11.6 Å². The molecular formula is C13H13ClF2N2O3. The second kappa shape index (κ2) is 5.93. The van der Waals surface area contributed by atoms with Gasteiger partial charge in [-0.15, -0.1) is 11.6 Å². The average Bonchev–Trinajstić information content (AvgIpc) is 2.36. The number of nitro benzene ring substituents is 1. The first-order valence-electron chi connectivity index (χ1n) is 6.33. The fourth-order valence-electron chi connectivity index (χ4n) is 2.34. The number of nitro groups is 1. The van der Waals surface area contributed by atoms with Gasteiger partial charge in [0.15, 0.2) is 0 Å². The molecule has 1 saturated carbocycles. The van der Waals surface area contributed by atoms with Crippen LogP contribution in [0.15, 0.2) is 12.1 Å². The van der Waals surface area contributed by atoms with Crippen LogP contribution in [0.2, 0.25) is 0 Å². The Balaban J connectivity index is 2.21. The summed E-state index contributed by atoms with van der Waals surface area (Å²) in [5, 5.41) is 10.7. The summed E-state index contributed by atoms with van der Waals surface area (Å²) >= 11 is 5.83. The minimum atomic E-state index is -1.44. The molecule has 0 aromatic heterocycles. The van der Waals surface area contributed by atoms with Gasteiger partial charge in [0.1, 0.15) is 11.4 Å². The third-order valence-corrected chi connectivity index (χ3v) is 3.89. The number of rotatable bonds is 4. The van der Waals surface area contributed by atoms with Crippen LogP contribution < -0.4 is 0 Å². The van der Waals surface area contributed by atoms with Crippen molar-refractivity contribution in [2.24, 2.45) is 5.92 Å². The van der Waals surface area contributed by atoms with E-state index in [1.54, 1.807) is 0 Å². The van der Waals surface area contributed by atoms with E-state index in [0.717, 1.165) is 18.9 Å². The molecular weight excluding hydrogens is 306 g/mol. The Bertz CT molecular complexity index is 591. The maximum Gasteiger partial charge on any atom is 0.305 e. The lowest BCUT2D eigenvalue weighted by Gasteiger charge is -2.34. The first-order valence-corrected chi connectivity index (χ1v) is 6.76. The molecule has 1 aromatic carbocycles. The first kappa shape index (κ1) is 15.6. The normalized spacial score (nSPS) is 20.8. The van der Waals surface area contributed by atoms with Gasteiger partial charge in [0, 0.05) is 25.0 Å². The highest BCUT2D eigenvalue weighted by atomic mass is 35.5. The fourth-order valence-corrected chi connectivity index (χ4v) is 2.85. The van der Waals surface area contributed by atoms with Crippen LogP contribution >= 0.6 is 11.6 Å². The van der Waals surface area contributed by atoms with Gasteiger partial charge in [-0.1, -0.05) is 0 Å². The SMILES string of the molecule is CN(CC1CC(Cl)C1)C(=O)c1c(F)ccc([N+](=O)[O-])c1F. The topological polar surface area (TPSA) is 63.5 Å². The quantitative estimate of drug-likeness (QED) is 0.487. The number of carbonyl (C=O) groups is 1. The van der Waals surface area contributed by atoms with Gasteiger partial charge in [0.2, 0.25) is 5.82 Å². The highest BCUT2D eigenvalue weighted by Gasteiger charge is 2.32. The summed E-state index contributed by atoms with van der Waals surface area (Å²) < 4.78 is 27.6. The molecule has 0 atom stereocenters. The summed E-state index contributed by atoms with van der Waals surface area (Å²) in [7, 11) is 1.40. The summed E-state index contributed by atoms with van der Waals surface area (Å²) in [6.45, 7) is 0.309. The van der Waals surface area contributed by atoms with Gasteiger partial charge in [0.25, 0.3) is 5.91 Å². The van der Waals surface area contributed by atoms with Gasteiger partial charge < -0.3 is 4.90 Å². The summed E-state index contributed by atoms with van der Waals surface area (Å²) in [4.78, 5) is 22.9. The van der Waals surface area contributed by atoms with Crippen molar-refractivity contribution in [3.05, 3.63) is 39.4 Å². The van der Waals surface area contributed by atoms with Crippen LogP contribution in [0.1, 0.15) is 23.2 Å². The minimum Gasteiger partial charge on any atom is -0.341 e. The van der Waals surface area contributed by atoms with E-state index < -0.39 is 33.7 Å². The summed E-state index contributed by atoms with van der Waals surface area (Å²) in [6, 6.07) is 1.42. The number of nitrogens with zero attached hydrogens (tertiary/aromatic N) is 2. The van der Waals surface area contributed by atoms with Crippen LogP contribution in [0.25, 0.3) is 0 Å². The molecule has 8 heteroatoms. The monoisotopic (exact) mass is 318 g/mol. The van der Waals surface area contributed by atoms with Gasteiger partial charge in [-0.05, 0) is 24.8 Å². The lowest BCUT2D eigenvalue weighted by atomic mass is 9.84. The van der Waals surface area contributed by atoms with Crippen molar-refractivity contribution >= 4 is 23.2 Å². The van der Waals surface area contributed by atoms with Gasteiger partial charge in [-0.3, -0.25) is 14.9 Å². The van der Waals surface area contributed by atoms with Gasteiger partial charge in [-0.2, -0.15) is 4.39 Å². The smallest absolute Gasteiger partial charge is 0.305 e. The third kappa shape index (κ3) is 3.12. The van der Waals surface area contributed by atoms with Gasteiger partial charge >= 0.3 is 5.69 Å². The zero-order valence-corrected chi connectivity index (χ0v) is 11.9. The third-order valence-electron chi connectivity index (χ3n) is 3.54. The zero-order valence-electron chi connectivity index (χ0n) is 11.2. The average molecular weight is 319 g/mol. The number of halogens is 3. The van der Waals surface area contributed by atoms with E-state index in [-0.39, 0.29) is 11.3 Å². The van der Waals surface area contributed by atoms with Crippen LogP contribution in [-0.4, -0.2) is 34.7 Å². The largest absolute Gasteiger partial charge is 0.341 e. The number of hydrogen-bond donors (Lipinski definition) is 0. The molecule has 0 saturated heterocycles. The molecule has 1 fully saturated rings. The highest BCUT2D eigenvalue weighted by Crippen LogP contribution is 2.33. The lowest BCUT2D eigenvalue weighted by molar-refractivity contribution is -0.387. The van der Waals surface area contributed by atoms with Crippen molar-refractivity contribution in [1.29, 1.82) is 0 Å². The van der Waals surface area contributed by atoms with Crippen molar-refractivity contribution in [3.63, 3.8) is 0 Å². The lowest BCUT2D eigenvalue weighted by Crippen LogP contribution is -2.38. The molecule has 0 N–H and O–H groups in total. The number of benzene rings is 1. The molecule has 114 valence electrons. The maximum absolute atomic E-state index is 13.9. The number of carbonyl (C=O) groups excluding carboxylic acids is 1. The van der Waals surface area contributed by atoms with Crippen molar-refractivity contribution < 1.29 is 18.5 Å². The Labute approximate surface area is 124 Å². The number of hydrogen-bond acceptors (Lipinski definition) is 3. The van der Waals surface area contributed by atoms with E-state index >= 15 is 0 Å². The predicted molar refractivity (Wildman–Crippen MR) is 72.3 cm³/mol. The van der Waals surface area contributed by atoms with E-state index in [0.29, 0.717) is 12.6 Å². The van der Waals surface area contributed by atoms with Crippen LogP contribution in [0, 0.1) is 27.7 Å². The van der Waals surface area contributed by atoms with Crippen molar-refractivity contribution in [3.8, 4) is 0 Å². The standard InChI is InChI=1S/C13H13ClF2N2O3/c1-17(6-7-4-8(14)5-7)13(19)11-9(15)2-3-10(12(11)16)18(20)21/h2-3,7-8H,4-6H2,1H3. The van der Waals surface area contributed by atoms with Crippen molar-refractivity contribution in [2.75, 3.05) is 13.6 Å². The predicted octanol–water partition coefficient (Wildman–Crippen LogP) is 2.96. The minimum absolute atomic E-state index is 0.0739. The molecule has 1 aliphatic rings. The first-order chi connectivity index (χ1) is 9.81. The molecule has 0 bridgehead atoms. The Hall–Kier alpha value is -1.76. The van der Waals surface area contributed by atoms with E-state index in [1.165, 1.54) is 11.9 Å². The molecule has 21 heavy (non-hydrogen) atoms. The molecule has 0 unspecified atom stereocenters. The molecule has 0 spiro atoms. The van der Waals surface area contributed by atoms with Crippen LogP contribution in [0.4, 0.5) is 14.5 Å². The van der Waals surface area contributed by atoms with Gasteiger partial charge in [-0.25, -0.2) is 4.39 Å². The molecule has 0 aliphatic heterocycles. The molecule has 1 amide bonds. The maximum atomic E-state index is 13.9. The second-order valence-corrected chi connectivity index (χ2v) is 5.75. The Kier molecular flexibility index (Phi) is 4.41. The van der Waals surface area contributed by atoms with Gasteiger partial charge in [0.05, 0.1) is 4.92 Å². The van der Waals surface area contributed by atoms with Crippen molar-refractivity contribution in [2.45, 2.75) is 18.2 Å². The molecule has 5 nitrogen and oxygen atoms in total. The van der Waals surface area contributed by atoms with E-state index in [2.05, 4.69) is 0 Å². The summed E-state index contributed by atoms with van der Waals surface area (Å²) in [5.41, 5.74) is -1.81. The summed E-state index contributed by atoms with van der Waals surface area (Å²) in [6.07, 6.45) is 1.47. The zero-order chi connectivity index (χ0) is 15.7. The Morgan fingerprint density at radius 3 is 2.62 bits per heavy atom. The van der Waals surface area contributed by atoms with E-state index in [9.17, 15) is 23.7 Å². The fraction of sp³-hybridized carbons (Fsp3) is 0.462. The Morgan fingerprint density at radius 2 is 2.10 bits per heavy atom. The van der Waals surface area contributed by atoms with Crippen LogP contribution in [0.5, 0.6) is 0 Å². The highest BCUT2D eigenvalue weighted by molar-refractivity contribution is 6.21. The van der Waals surface area contributed by atoms with Crippen LogP contribution in [-0.2, 0) is 0 Å². The molecule has 0 radical (unpaired) electrons. The molecule has 1 aromatic rings. The molecule has 2 rings (SSSR count).